The molecule has 1 fully saturated rings. The molecule has 0 unspecified atom stereocenters. The zero-order valence-electron chi connectivity index (χ0n) is 16.9. The van der Waals surface area contributed by atoms with Gasteiger partial charge in [-0.3, -0.25) is 14.2 Å². The minimum absolute atomic E-state index is 0.0156. The molecule has 0 amide bonds. The van der Waals surface area contributed by atoms with E-state index in [-0.39, 0.29) is 23.1 Å². The SMILES string of the molecule is COc1ccc(-c2cc3c(=O)n(C4CC4)c(SCC(=O)c4ccccc4)nc3s2)cc1. The van der Waals surface area contributed by atoms with Gasteiger partial charge in [-0.25, -0.2) is 4.98 Å². The van der Waals surface area contributed by atoms with Crippen LogP contribution in [0.2, 0.25) is 0 Å². The summed E-state index contributed by atoms with van der Waals surface area (Å²) in [4.78, 5) is 32.4. The van der Waals surface area contributed by atoms with Gasteiger partial charge in [0, 0.05) is 16.5 Å². The molecule has 0 aliphatic heterocycles. The molecule has 0 spiro atoms. The number of methoxy groups -OCH3 is 1. The lowest BCUT2D eigenvalue weighted by atomic mass is 10.2. The molecule has 4 aromatic rings. The normalized spacial score (nSPS) is 13.5. The van der Waals surface area contributed by atoms with Crippen molar-refractivity contribution < 1.29 is 9.53 Å². The molecule has 2 aromatic carbocycles. The van der Waals surface area contributed by atoms with Crippen molar-refractivity contribution in [3.05, 3.63) is 76.6 Å². The van der Waals surface area contributed by atoms with Crippen LogP contribution in [0.25, 0.3) is 20.7 Å². The lowest BCUT2D eigenvalue weighted by molar-refractivity contribution is 0.102. The van der Waals surface area contributed by atoms with Crippen LogP contribution in [0.5, 0.6) is 5.75 Å². The largest absolute Gasteiger partial charge is 0.497 e. The molecule has 5 rings (SSSR count). The van der Waals surface area contributed by atoms with E-state index < -0.39 is 0 Å². The highest BCUT2D eigenvalue weighted by atomic mass is 32.2. The summed E-state index contributed by atoms with van der Waals surface area (Å²) in [6, 6.07) is 19.1. The summed E-state index contributed by atoms with van der Waals surface area (Å²) in [5.74, 6) is 1.08. The molecular weight excluding hydrogens is 428 g/mol. The first-order valence-corrected chi connectivity index (χ1v) is 11.9. The summed E-state index contributed by atoms with van der Waals surface area (Å²) in [6.07, 6.45) is 1.95. The summed E-state index contributed by atoms with van der Waals surface area (Å²) < 4.78 is 7.02. The van der Waals surface area contributed by atoms with Crippen molar-refractivity contribution in [1.29, 1.82) is 0 Å². The number of nitrogens with zero attached hydrogens (tertiary/aromatic N) is 2. The van der Waals surface area contributed by atoms with Gasteiger partial charge in [-0.15, -0.1) is 11.3 Å². The van der Waals surface area contributed by atoms with Crippen LogP contribution in [0.4, 0.5) is 0 Å². The monoisotopic (exact) mass is 448 g/mol. The number of ether oxygens (including phenoxy) is 1. The number of rotatable bonds is 7. The van der Waals surface area contributed by atoms with E-state index in [0.717, 1.165) is 29.0 Å². The first-order chi connectivity index (χ1) is 15.1. The Hall–Kier alpha value is -2.90. The number of hydrogen-bond acceptors (Lipinski definition) is 6. The topological polar surface area (TPSA) is 61.2 Å². The fourth-order valence-corrected chi connectivity index (χ4v) is 5.51. The number of Topliss-reactive ketones (excluding diaryl/α,β-unsaturated/α-hetero) is 1. The number of hydrogen-bond donors (Lipinski definition) is 0. The van der Waals surface area contributed by atoms with E-state index in [1.807, 2.05) is 60.7 Å². The van der Waals surface area contributed by atoms with E-state index in [0.29, 0.717) is 20.9 Å². The van der Waals surface area contributed by atoms with E-state index >= 15 is 0 Å². The number of fused-ring (bicyclic) bond motifs is 1. The molecule has 1 saturated carbocycles. The van der Waals surface area contributed by atoms with E-state index in [1.54, 1.807) is 11.7 Å². The fraction of sp³-hybridized carbons (Fsp3) is 0.208. The maximum Gasteiger partial charge on any atom is 0.263 e. The van der Waals surface area contributed by atoms with Gasteiger partial charge < -0.3 is 4.74 Å². The summed E-state index contributed by atoms with van der Waals surface area (Å²) in [5, 5.41) is 1.27. The zero-order valence-corrected chi connectivity index (χ0v) is 18.5. The first-order valence-electron chi connectivity index (χ1n) is 10.1. The van der Waals surface area contributed by atoms with Gasteiger partial charge in [0.25, 0.3) is 5.56 Å². The van der Waals surface area contributed by atoms with Gasteiger partial charge in [-0.05, 0) is 48.7 Å². The van der Waals surface area contributed by atoms with E-state index in [2.05, 4.69) is 0 Å². The third kappa shape index (κ3) is 4.03. The molecule has 1 aliphatic rings. The highest BCUT2D eigenvalue weighted by Gasteiger charge is 2.29. The highest BCUT2D eigenvalue weighted by Crippen LogP contribution is 2.39. The van der Waals surface area contributed by atoms with Crippen LogP contribution < -0.4 is 10.3 Å². The van der Waals surface area contributed by atoms with Crippen LogP contribution in [0.1, 0.15) is 29.2 Å². The molecule has 0 N–H and O–H groups in total. The van der Waals surface area contributed by atoms with Crippen LogP contribution in [0, 0.1) is 0 Å². The van der Waals surface area contributed by atoms with Gasteiger partial charge in [0.15, 0.2) is 10.9 Å². The zero-order chi connectivity index (χ0) is 21.4. The summed E-state index contributed by atoms with van der Waals surface area (Å²) in [5.41, 5.74) is 1.68. The number of thioether (sulfide) groups is 1. The van der Waals surface area contributed by atoms with Crippen LogP contribution in [-0.2, 0) is 0 Å². The van der Waals surface area contributed by atoms with Crippen molar-refractivity contribution in [3.8, 4) is 16.2 Å². The second-order valence-electron chi connectivity index (χ2n) is 7.44. The third-order valence-electron chi connectivity index (χ3n) is 5.28. The maximum atomic E-state index is 13.3. The van der Waals surface area contributed by atoms with Gasteiger partial charge in [-0.2, -0.15) is 0 Å². The molecule has 1 aliphatic carbocycles. The first kappa shape index (κ1) is 20.0. The maximum absolute atomic E-state index is 13.3. The lowest BCUT2D eigenvalue weighted by Gasteiger charge is -2.10. The Bertz CT molecular complexity index is 1310. The number of ketones is 1. The quantitative estimate of drug-likeness (QED) is 0.214. The molecule has 156 valence electrons. The number of carbonyl (C=O) groups is 1. The number of aromatic nitrogens is 2. The Morgan fingerprint density at radius 1 is 1.16 bits per heavy atom. The van der Waals surface area contributed by atoms with E-state index in [1.165, 1.54) is 23.1 Å². The van der Waals surface area contributed by atoms with Crippen molar-refractivity contribution in [3.63, 3.8) is 0 Å². The van der Waals surface area contributed by atoms with Crippen molar-refractivity contribution in [2.45, 2.75) is 24.0 Å². The second-order valence-corrected chi connectivity index (χ2v) is 9.41. The van der Waals surface area contributed by atoms with Gasteiger partial charge in [-0.1, -0.05) is 42.1 Å². The Morgan fingerprint density at radius 2 is 1.90 bits per heavy atom. The Labute approximate surface area is 187 Å². The standard InChI is InChI=1S/C24H20N2O3S2/c1-29-18-11-7-16(8-12-18)21-13-19-22(31-21)25-24(26(23(19)28)17-9-10-17)30-14-20(27)15-5-3-2-4-6-15/h2-8,11-13,17H,9-10,14H2,1H3. The predicted octanol–water partition coefficient (Wildman–Crippen LogP) is 5.44. The number of benzene rings is 2. The van der Waals surface area contributed by atoms with Crippen LogP contribution in [-0.4, -0.2) is 28.2 Å². The highest BCUT2D eigenvalue weighted by molar-refractivity contribution is 7.99. The minimum atomic E-state index is -0.0156. The number of carbonyl (C=O) groups excluding carboxylic acids is 1. The van der Waals surface area contributed by atoms with Crippen molar-refractivity contribution in [1.82, 2.24) is 9.55 Å². The Kier molecular flexibility index (Phi) is 5.38. The average molecular weight is 449 g/mol. The molecule has 0 radical (unpaired) electrons. The van der Waals surface area contributed by atoms with Crippen LogP contribution in [0.15, 0.2) is 70.6 Å². The third-order valence-corrected chi connectivity index (χ3v) is 7.31. The molecule has 0 atom stereocenters. The molecule has 0 bridgehead atoms. The van der Waals surface area contributed by atoms with E-state index in [4.69, 9.17) is 9.72 Å². The molecule has 2 heterocycles. The Balaban J connectivity index is 1.49. The van der Waals surface area contributed by atoms with Crippen LogP contribution in [0.3, 0.4) is 0 Å². The fourth-order valence-electron chi connectivity index (χ4n) is 3.47. The second kappa shape index (κ2) is 8.32. The molecule has 7 heteroatoms. The number of thiophene rings is 1. The predicted molar refractivity (Wildman–Crippen MR) is 126 cm³/mol. The molecule has 5 nitrogen and oxygen atoms in total. The van der Waals surface area contributed by atoms with Gasteiger partial charge in [0.1, 0.15) is 10.6 Å². The molecular formula is C24H20N2O3S2. The molecule has 0 saturated heterocycles. The van der Waals surface area contributed by atoms with Gasteiger partial charge in [0.2, 0.25) is 0 Å². The van der Waals surface area contributed by atoms with Gasteiger partial charge >= 0.3 is 0 Å². The van der Waals surface area contributed by atoms with Crippen molar-refractivity contribution >= 4 is 39.1 Å². The summed E-state index contributed by atoms with van der Waals surface area (Å²) in [6.45, 7) is 0. The minimum Gasteiger partial charge on any atom is -0.497 e. The molecule has 2 aromatic heterocycles. The van der Waals surface area contributed by atoms with Crippen molar-refractivity contribution in [2.24, 2.45) is 0 Å². The lowest BCUT2D eigenvalue weighted by Crippen LogP contribution is -2.22. The molecule has 31 heavy (non-hydrogen) atoms. The Morgan fingerprint density at radius 3 is 2.58 bits per heavy atom. The average Bonchev–Trinajstić information content (AvgIpc) is 3.55. The van der Waals surface area contributed by atoms with Crippen molar-refractivity contribution in [2.75, 3.05) is 12.9 Å². The smallest absolute Gasteiger partial charge is 0.263 e. The van der Waals surface area contributed by atoms with Gasteiger partial charge in [0.05, 0.1) is 18.2 Å². The summed E-state index contributed by atoms with van der Waals surface area (Å²) in [7, 11) is 1.64. The van der Waals surface area contributed by atoms with Crippen LogP contribution >= 0.6 is 23.1 Å². The summed E-state index contributed by atoms with van der Waals surface area (Å²) >= 11 is 2.85. The van der Waals surface area contributed by atoms with E-state index in [9.17, 15) is 9.59 Å².